The van der Waals surface area contributed by atoms with Crippen LogP contribution in [0.2, 0.25) is 0 Å². The Morgan fingerprint density at radius 2 is 1.56 bits per heavy atom. The molecule has 2 aliphatic rings. The Bertz CT molecular complexity index is 769. The molecule has 0 spiro atoms. The Kier molecular flexibility index (Phi) is 4.14. The summed E-state index contributed by atoms with van der Waals surface area (Å²) in [4.78, 5) is 26.3. The van der Waals surface area contributed by atoms with Gasteiger partial charge in [-0.1, -0.05) is 18.2 Å². The first kappa shape index (κ1) is 15.7. The number of rotatable bonds is 5. The number of hydrogen-bond donors (Lipinski definition) is 2. The van der Waals surface area contributed by atoms with Crippen molar-refractivity contribution in [3.05, 3.63) is 54.6 Å². The van der Waals surface area contributed by atoms with Crippen LogP contribution in [-0.4, -0.2) is 29.3 Å². The fourth-order valence-electron chi connectivity index (χ4n) is 3.22. The molecule has 5 heteroatoms. The van der Waals surface area contributed by atoms with Crippen LogP contribution in [0.25, 0.3) is 0 Å². The maximum absolute atomic E-state index is 12.4. The smallest absolute Gasteiger partial charge is 0.229 e. The number of amides is 2. The van der Waals surface area contributed by atoms with Crippen molar-refractivity contribution in [3.8, 4) is 0 Å². The van der Waals surface area contributed by atoms with Crippen molar-refractivity contribution in [2.75, 3.05) is 17.2 Å². The summed E-state index contributed by atoms with van der Waals surface area (Å²) in [6.45, 7) is 0.559. The Hall–Kier alpha value is -2.82. The molecule has 0 bridgehead atoms. The third-order valence-electron chi connectivity index (χ3n) is 4.73. The average molecular weight is 335 g/mol. The maximum atomic E-state index is 12.4. The van der Waals surface area contributed by atoms with Crippen molar-refractivity contribution in [1.29, 1.82) is 0 Å². The highest BCUT2D eigenvalue weighted by atomic mass is 16.2. The molecule has 128 valence electrons. The normalized spacial score (nSPS) is 19.8. The average Bonchev–Trinajstić information content (AvgIpc) is 3.39. The summed E-state index contributed by atoms with van der Waals surface area (Å²) in [5.41, 5.74) is 2.73. The lowest BCUT2D eigenvalue weighted by molar-refractivity contribution is -0.128. The highest BCUT2D eigenvalue weighted by Gasteiger charge is 2.41. The number of benzene rings is 2. The van der Waals surface area contributed by atoms with Gasteiger partial charge in [0.05, 0.1) is 5.92 Å². The molecule has 0 radical (unpaired) electrons. The molecule has 1 saturated heterocycles. The number of anilines is 3. The van der Waals surface area contributed by atoms with Gasteiger partial charge in [-0.25, -0.2) is 0 Å². The van der Waals surface area contributed by atoms with Gasteiger partial charge in [-0.05, 0) is 49.2 Å². The zero-order chi connectivity index (χ0) is 17.2. The van der Waals surface area contributed by atoms with Gasteiger partial charge < -0.3 is 15.5 Å². The highest BCUT2D eigenvalue weighted by molar-refractivity contribution is 5.97. The number of hydrogen-bond acceptors (Lipinski definition) is 3. The maximum Gasteiger partial charge on any atom is 0.229 e. The van der Waals surface area contributed by atoms with E-state index in [0.29, 0.717) is 19.0 Å². The van der Waals surface area contributed by atoms with Crippen molar-refractivity contribution < 1.29 is 9.59 Å². The third-order valence-corrected chi connectivity index (χ3v) is 4.73. The summed E-state index contributed by atoms with van der Waals surface area (Å²) in [5.74, 6) is -0.194. The molecule has 2 aromatic rings. The van der Waals surface area contributed by atoms with Crippen molar-refractivity contribution >= 4 is 28.9 Å². The molecule has 2 amide bonds. The molecule has 4 rings (SSSR count). The lowest BCUT2D eigenvalue weighted by Gasteiger charge is -2.15. The summed E-state index contributed by atoms with van der Waals surface area (Å²) >= 11 is 0. The molecule has 5 nitrogen and oxygen atoms in total. The van der Waals surface area contributed by atoms with E-state index in [-0.39, 0.29) is 17.7 Å². The molecule has 1 heterocycles. The van der Waals surface area contributed by atoms with Crippen molar-refractivity contribution in [2.24, 2.45) is 5.92 Å². The van der Waals surface area contributed by atoms with E-state index in [4.69, 9.17) is 0 Å². The van der Waals surface area contributed by atoms with E-state index < -0.39 is 0 Å². The first-order valence-electron chi connectivity index (χ1n) is 8.71. The van der Waals surface area contributed by atoms with Crippen LogP contribution in [0.15, 0.2) is 54.6 Å². The van der Waals surface area contributed by atoms with Crippen molar-refractivity contribution in [1.82, 2.24) is 4.90 Å². The van der Waals surface area contributed by atoms with E-state index >= 15 is 0 Å². The number of carbonyl (C=O) groups is 2. The Balaban J connectivity index is 1.34. The molecule has 1 unspecified atom stereocenters. The Morgan fingerprint density at radius 3 is 2.24 bits per heavy atom. The molecule has 1 atom stereocenters. The monoisotopic (exact) mass is 335 g/mol. The van der Waals surface area contributed by atoms with Crippen LogP contribution in [0.4, 0.5) is 17.1 Å². The second kappa shape index (κ2) is 6.59. The minimum Gasteiger partial charge on any atom is -0.356 e. The van der Waals surface area contributed by atoms with Crippen molar-refractivity contribution in [2.45, 2.75) is 25.3 Å². The molecule has 0 aromatic heterocycles. The topological polar surface area (TPSA) is 61.4 Å². The van der Waals surface area contributed by atoms with Gasteiger partial charge in [0.15, 0.2) is 0 Å². The van der Waals surface area contributed by atoms with Crippen LogP contribution < -0.4 is 10.6 Å². The molecule has 25 heavy (non-hydrogen) atoms. The Labute approximate surface area is 147 Å². The van der Waals surface area contributed by atoms with Crippen LogP contribution in [0, 0.1) is 5.92 Å². The third kappa shape index (κ3) is 3.65. The van der Waals surface area contributed by atoms with Gasteiger partial charge >= 0.3 is 0 Å². The second-order valence-electron chi connectivity index (χ2n) is 6.74. The summed E-state index contributed by atoms with van der Waals surface area (Å²) < 4.78 is 0. The summed E-state index contributed by atoms with van der Waals surface area (Å²) in [5, 5.41) is 6.24. The summed E-state index contributed by atoms with van der Waals surface area (Å²) in [6, 6.07) is 17.9. The molecule has 1 saturated carbocycles. The Morgan fingerprint density at radius 1 is 0.920 bits per heavy atom. The zero-order valence-corrected chi connectivity index (χ0v) is 13.9. The number of carbonyl (C=O) groups excluding carboxylic acids is 2. The molecular weight excluding hydrogens is 314 g/mol. The minimum atomic E-state index is -0.241. The number of nitrogens with zero attached hydrogens (tertiary/aromatic N) is 1. The van der Waals surface area contributed by atoms with Gasteiger partial charge in [0, 0.05) is 36.1 Å². The molecular formula is C20H21N3O2. The van der Waals surface area contributed by atoms with Gasteiger partial charge in [0.1, 0.15) is 0 Å². The second-order valence-corrected chi connectivity index (χ2v) is 6.74. The lowest BCUT2D eigenvalue weighted by atomic mass is 10.1. The molecule has 2 N–H and O–H groups in total. The number of para-hydroxylation sites is 1. The molecule has 1 aliphatic carbocycles. The van der Waals surface area contributed by atoms with Crippen molar-refractivity contribution in [3.63, 3.8) is 0 Å². The molecule has 2 aromatic carbocycles. The summed E-state index contributed by atoms with van der Waals surface area (Å²) in [6.07, 6.45) is 2.49. The van der Waals surface area contributed by atoms with Crippen LogP contribution in [0.5, 0.6) is 0 Å². The van der Waals surface area contributed by atoms with E-state index in [1.165, 1.54) is 0 Å². The number of nitrogens with one attached hydrogen (secondary N) is 2. The van der Waals surface area contributed by atoms with Gasteiger partial charge in [0.2, 0.25) is 11.8 Å². The first-order valence-corrected chi connectivity index (χ1v) is 8.71. The first-order chi connectivity index (χ1) is 12.2. The summed E-state index contributed by atoms with van der Waals surface area (Å²) in [7, 11) is 0. The molecule has 1 aliphatic heterocycles. The van der Waals surface area contributed by atoms with E-state index in [1.807, 2.05) is 59.5 Å². The fraction of sp³-hybridized carbons (Fsp3) is 0.300. The lowest BCUT2D eigenvalue weighted by Crippen LogP contribution is -2.29. The SMILES string of the molecule is O=C(Nc1ccc(Nc2ccccc2)cc1)C1CC(=O)N(C2CC2)C1. The van der Waals surface area contributed by atoms with E-state index in [1.54, 1.807) is 0 Å². The van der Waals surface area contributed by atoms with E-state index in [9.17, 15) is 9.59 Å². The van der Waals surface area contributed by atoms with Gasteiger partial charge in [0.25, 0.3) is 0 Å². The zero-order valence-electron chi connectivity index (χ0n) is 13.9. The largest absolute Gasteiger partial charge is 0.356 e. The quantitative estimate of drug-likeness (QED) is 0.880. The van der Waals surface area contributed by atoms with Crippen LogP contribution in [-0.2, 0) is 9.59 Å². The van der Waals surface area contributed by atoms with Gasteiger partial charge in [-0.2, -0.15) is 0 Å². The number of likely N-dealkylation sites (tertiary alicyclic amines) is 1. The predicted molar refractivity (Wildman–Crippen MR) is 97.6 cm³/mol. The highest BCUT2D eigenvalue weighted by Crippen LogP contribution is 2.33. The van der Waals surface area contributed by atoms with Crippen LogP contribution in [0.1, 0.15) is 19.3 Å². The fourth-order valence-corrected chi connectivity index (χ4v) is 3.22. The van der Waals surface area contributed by atoms with Crippen LogP contribution in [0.3, 0.4) is 0 Å². The van der Waals surface area contributed by atoms with Gasteiger partial charge in [-0.15, -0.1) is 0 Å². The van der Waals surface area contributed by atoms with Gasteiger partial charge in [-0.3, -0.25) is 9.59 Å². The minimum absolute atomic E-state index is 0.0692. The predicted octanol–water partition coefficient (Wildman–Crippen LogP) is 3.38. The van der Waals surface area contributed by atoms with E-state index in [2.05, 4.69) is 10.6 Å². The molecule has 2 fully saturated rings. The van der Waals surface area contributed by atoms with E-state index in [0.717, 1.165) is 29.9 Å². The standard InChI is InChI=1S/C20H21N3O2/c24-19-12-14(13-23(19)18-10-11-18)20(25)22-17-8-6-16(7-9-17)21-15-4-2-1-3-5-15/h1-9,14,18,21H,10-13H2,(H,22,25). The van der Waals surface area contributed by atoms with Crippen LogP contribution >= 0.6 is 0 Å².